The van der Waals surface area contributed by atoms with E-state index in [1.165, 1.54) is 12.1 Å². The van der Waals surface area contributed by atoms with Gasteiger partial charge in [0.15, 0.2) is 0 Å². The number of benzene rings is 1. The molecule has 0 unspecified atom stereocenters. The minimum atomic E-state index is -0.434. The summed E-state index contributed by atoms with van der Waals surface area (Å²) in [5.74, 6) is 0. The number of anilines is 1. The third-order valence-electron chi connectivity index (χ3n) is 2.82. The van der Waals surface area contributed by atoms with Crippen LogP contribution in [0, 0.1) is 10.1 Å². The molecule has 0 saturated heterocycles. The van der Waals surface area contributed by atoms with Gasteiger partial charge >= 0.3 is 0 Å². The van der Waals surface area contributed by atoms with Gasteiger partial charge in [-0.25, -0.2) is 0 Å². The van der Waals surface area contributed by atoms with Crippen molar-refractivity contribution in [1.82, 2.24) is 9.78 Å². The highest BCUT2D eigenvalue weighted by Crippen LogP contribution is 2.28. The van der Waals surface area contributed by atoms with E-state index in [4.69, 9.17) is 11.6 Å². The predicted molar refractivity (Wildman–Crippen MR) is 78.0 cm³/mol. The van der Waals surface area contributed by atoms with Crippen LogP contribution in [0.5, 0.6) is 0 Å². The van der Waals surface area contributed by atoms with E-state index in [0.29, 0.717) is 17.3 Å². The molecule has 6 nitrogen and oxygen atoms in total. The summed E-state index contributed by atoms with van der Waals surface area (Å²) in [5, 5.41) is 18.6. The molecule has 0 aliphatic heterocycles. The summed E-state index contributed by atoms with van der Waals surface area (Å²) in [6.45, 7) is 4.52. The van der Waals surface area contributed by atoms with Crippen LogP contribution in [0.4, 0.5) is 11.4 Å². The summed E-state index contributed by atoms with van der Waals surface area (Å²) < 4.78 is 1.84. The molecular formula is C13H15ClN4O2. The fourth-order valence-electron chi connectivity index (χ4n) is 1.76. The van der Waals surface area contributed by atoms with Crippen molar-refractivity contribution < 1.29 is 4.92 Å². The molecule has 0 amide bonds. The van der Waals surface area contributed by atoms with Gasteiger partial charge < -0.3 is 5.32 Å². The van der Waals surface area contributed by atoms with Crippen LogP contribution in [0.15, 0.2) is 30.6 Å². The average Bonchev–Trinajstić information content (AvgIpc) is 2.85. The molecule has 0 bridgehead atoms. The van der Waals surface area contributed by atoms with E-state index in [1.807, 2.05) is 24.7 Å². The fraction of sp³-hybridized carbons (Fsp3) is 0.308. The molecule has 1 aromatic carbocycles. The minimum Gasteiger partial charge on any atom is -0.375 e. The van der Waals surface area contributed by atoms with Gasteiger partial charge in [0, 0.05) is 35.4 Å². The molecule has 106 valence electrons. The number of nitrogens with zero attached hydrogens (tertiary/aromatic N) is 3. The Hall–Kier alpha value is -2.08. The number of hydrogen-bond donors (Lipinski definition) is 1. The smallest absolute Gasteiger partial charge is 0.292 e. The highest BCUT2D eigenvalue weighted by atomic mass is 35.5. The Morgan fingerprint density at radius 1 is 1.50 bits per heavy atom. The normalized spacial score (nSPS) is 10.8. The number of halogens is 1. The largest absolute Gasteiger partial charge is 0.375 e. The molecule has 0 spiro atoms. The number of nitro benzene ring substituents is 1. The van der Waals surface area contributed by atoms with Gasteiger partial charge in [0.25, 0.3) is 5.69 Å². The fourth-order valence-corrected chi connectivity index (χ4v) is 1.93. The summed E-state index contributed by atoms with van der Waals surface area (Å²) in [7, 11) is 0. The second kappa shape index (κ2) is 5.92. The van der Waals surface area contributed by atoms with Crippen molar-refractivity contribution in [2.24, 2.45) is 0 Å². The summed E-state index contributed by atoms with van der Waals surface area (Å²) in [6.07, 6.45) is 3.65. The van der Waals surface area contributed by atoms with E-state index < -0.39 is 4.92 Å². The van der Waals surface area contributed by atoms with Gasteiger partial charge in [0.2, 0.25) is 0 Å². The molecular weight excluding hydrogens is 280 g/mol. The Morgan fingerprint density at radius 2 is 2.25 bits per heavy atom. The lowest BCUT2D eigenvalue weighted by atomic mass is 10.2. The van der Waals surface area contributed by atoms with Crippen LogP contribution in [0.3, 0.4) is 0 Å². The highest BCUT2D eigenvalue weighted by molar-refractivity contribution is 6.31. The van der Waals surface area contributed by atoms with E-state index in [-0.39, 0.29) is 11.7 Å². The van der Waals surface area contributed by atoms with Crippen molar-refractivity contribution in [3.8, 4) is 0 Å². The van der Waals surface area contributed by atoms with Crippen LogP contribution < -0.4 is 5.32 Å². The van der Waals surface area contributed by atoms with Gasteiger partial charge in [0.1, 0.15) is 5.69 Å². The van der Waals surface area contributed by atoms with Gasteiger partial charge in [-0.3, -0.25) is 14.8 Å². The van der Waals surface area contributed by atoms with Crippen LogP contribution in [0.2, 0.25) is 5.02 Å². The molecule has 0 radical (unpaired) electrons. The van der Waals surface area contributed by atoms with Crippen molar-refractivity contribution in [1.29, 1.82) is 0 Å². The number of aromatic nitrogens is 2. The zero-order valence-electron chi connectivity index (χ0n) is 11.2. The maximum Gasteiger partial charge on any atom is 0.292 e. The van der Waals surface area contributed by atoms with Gasteiger partial charge in [0.05, 0.1) is 11.1 Å². The zero-order valence-corrected chi connectivity index (χ0v) is 12.0. The first-order valence-electron chi connectivity index (χ1n) is 6.18. The second-order valence-corrected chi connectivity index (χ2v) is 5.13. The lowest BCUT2D eigenvalue weighted by molar-refractivity contribution is -0.384. The van der Waals surface area contributed by atoms with E-state index in [0.717, 1.165) is 5.56 Å². The third-order valence-corrected chi connectivity index (χ3v) is 3.06. The van der Waals surface area contributed by atoms with Gasteiger partial charge in [-0.05, 0) is 26.0 Å². The lowest BCUT2D eigenvalue weighted by Crippen LogP contribution is -2.03. The molecule has 20 heavy (non-hydrogen) atoms. The van der Waals surface area contributed by atoms with Crippen LogP contribution in [0.25, 0.3) is 0 Å². The molecule has 7 heteroatoms. The molecule has 2 rings (SSSR count). The molecule has 0 atom stereocenters. The van der Waals surface area contributed by atoms with Crippen LogP contribution >= 0.6 is 11.6 Å². The molecule has 0 fully saturated rings. The zero-order chi connectivity index (χ0) is 14.7. The highest BCUT2D eigenvalue weighted by Gasteiger charge is 2.13. The second-order valence-electron chi connectivity index (χ2n) is 4.69. The number of nitrogens with one attached hydrogen (secondary N) is 1. The molecule has 1 N–H and O–H groups in total. The van der Waals surface area contributed by atoms with Crippen molar-refractivity contribution in [3.05, 3.63) is 51.3 Å². The van der Waals surface area contributed by atoms with Crippen LogP contribution in [-0.4, -0.2) is 14.7 Å². The Morgan fingerprint density at radius 3 is 2.85 bits per heavy atom. The van der Waals surface area contributed by atoms with Gasteiger partial charge in [-0.15, -0.1) is 0 Å². The monoisotopic (exact) mass is 294 g/mol. The first kappa shape index (κ1) is 14.3. The molecule has 2 aromatic rings. The number of nitro groups is 1. The molecule has 0 saturated carbocycles. The molecule has 0 aliphatic rings. The molecule has 1 aromatic heterocycles. The first-order chi connectivity index (χ1) is 9.47. The van der Waals surface area contributed by atoms with Crippen molar-refractivity contribution in [3.63, 3.8) is 0 Å². The Labute approximate surface area is 121 Å². The summed E-state index contributed by atoms with van der Waals surface area (Å²) >= 11 is 5.87. The van der Waals surface area contributed by atoms with E-state index >= 15 is 0 Å². The summed E-state index contributed by atoms with van der Waals surface area (Å²) in [4.78, 5) is 10.5. The van der Waals surface area contributed by atoms with E-state index in [1.54, 1.807) is 12.3 Å². The van der Waals surface area contributed by atoms with Crippen molar-refractivity contribution in [2.75, 3.05) is 5.32 Å². The number of rotatable bonds is 5. The Kier molecular flexibility index (Phi) is 4.24. The maximum atomic E-state index is 10.9. The van der Waals surface area contributed by atoms with E-state index in [2.05, 4.69) is 10.4 Å². The Bertz CT molecular complexity index is 625. The number of hydrogen-bond acceptors (Lipinski definition) is 4. The Balaban J connectivity index is 2.13. The minimum absolute atomic E-state index is 0.00523. The van der Waals surface area contributed by atoms with Crippen molar-refractivity contribution in [2.45, 2.75) is 26.4 Å². The van der Waals surface area contributed by atoms with Crippen LogP contribution in [-0.2, 0) is 6.54 Å². The van der Waals surface area contributed by atoms with Crippen LogP contribution in [0.1, 0.15) is 25.5 Å². The third kappa shape index (κ3) is 3.27. The average molecular weight is 295 g/mol. The first-order valence-corrected chi connectivity index (χ1v) is 6.56. The summed E-state index contributed by atoms with van der Waals surface area (Å²) in [6, 6.07) is 4.72. The standard InChI is InChI=1S/C13H15ClN4O2/c1-9(2)17-8-10(7-16-17)6-15-12-5-11(14)3-4-13(12)18(19)20/h3-5,7-9,15H,6H2,1-2H3. The molecule has 0 aliphatic carbocycles. The van der Waals surface area contributed by atoms with Crippen molar-refractivity contribution >= 4 is 23.0 Å². The van der Waals surface area contributed by atoms with Gasteiger partial charge in [-0.2, -0.15) is 5.10 Å². The van der Waals surface area contributed by atoms with E-state index in [9.17, 15) is 10.1 Å². The quantitative estimate of drug-likeness (QED) is 0.675. The molecule has 1 heterocycles. The summed E-state index contributed by atoms with van der Waals surface area (Å²) in [5.41, 5.74) is 1.36. The SMILES string of the molecule is CC(C)n1cc(CNc2cc(Cl)ccc2[N+](=O)[O-])cn1. The van der Waals surface area contributed by atoms with Gasteiger partial charge in [-0.1, -0.05) is 11.6 Å². The lowest BCUT2D eigenvalue weighted by Gasteiger charge is -2.06. The maximum absolute atomic E-state index is 10.9. The predicted octanol–water partition coefficient (Wildman–Crippen LogP) is 3.64. The topological polar surface area (TPSA) is 73.0 Å².